The number of halogens is 1. The molecule has 2 aliphatic carbocycles. The third kappa shape index (κ3) is 4.92. The smallest absolute Gasteiger partial charge is 0.223 e. The number of hydrogen-bond donors (Lipinski definition) is 2. The van der Waals surface area contributed by atoms with Gasteiger partial charge >= 0.3 is 0 Å². The molecule has 5 heteroatoms. The van der Waals surface area contributed by atoms with Crippen molar-refractivity contribution in [1.29, 1.82) is 0 Å². The number of ether oxygens (including phenoxy) is 1. The van der Waals surface area contributed by atoms with Crippen LogP contribution in [0.3, 0.4) is 0 Å². The van der Waals surface area contributed by atoms with E-state index in [1.54, 1.807) is 0 Å². The van der Waals surface area contributed by atoms with Crippen LogP contribution in [0.2, 0.25) is 0 Å². The molecular formula is C21H33ClN2O2. The number of carbonyl (C=O) groups excluding carboxylic acids is 1. The number of carbonyl (C=O) groups is 1. The highest BCUT2D eigenvalue weighted by atomic mass is 35.5. The fourth-order valence-corrected chi connectivity index (χ4v) is 4.48. The van der Waals surface area contributed by atoms with Crippen molar-refractivity contribution in [1.82, 2.24) is 5.32 Å². The molecule has 146 valence electrons. The first-order valence-electron chi connectivity index (χ1n) is 9.84. The van der Waals surface area contributed by atoms with Gasteiger partial charge in [0.15, 0.2) is 0 Å². The van der Waals surface area contributed by atoms with Crippen LogP contribution in [0.4, 0.5) is 0 Å². The maximum atomic E-state index is 12.7. The Kier molecular flexibility index (Phi) is 7.78. The number of benzene rings is 1. The molecule has 4 nitrogen and oxygen atoms in total. The number of aryl methyl sites for hydroxylation is 1. The Morgan fingerprint density at radius 3 is 2.62 bits per heavy atom. The van der Waals surface area contributed by atoms with E-state index in [2.05, 4.69) is 37.4 Å². The van der Waals surface area contributed by atoms with E-state index in [-0.39, 0.29) is 24.2 Å². The summed E-state index contributed by atoms with van der Waals surface area (Å²) in [6.45, 7) is 5.40. The second-order valence-corrected chi connectivity index (χ2v) is 7.87. The molecule has 1 aromatic carbocycles. The van der Waals surface area contributed by atoms with Gasteiger partial charge in [0, 0.05) is 24.1 Å². The van der Waals surface area contributed by atoms with E-state index in [1.165, 1.54) is 24.8 Å². The van der Waals surface area contributed by atoms with Crippen LogP contribution in [0.5, 0.6) is 5.75 Å². The van der Waals surface area contributed by atoms with Crippen LogP contribution in [0.15, 0.2) is 18.2 Å². The lowest BCUT2D eigenvalue weighted by molar-refractivity contribution is -0.128. The van der Waals surface area contributed by atoms with Crippen LogP contribution in [-0.2, 0) is 11.3 Å². The van der Waals surface area contributed by atoms with E-state index in [0.717, 1.165) is 30.6 Å². The molecule has 2 atom stereocenters. The summed E-state index contributed by atoms with van der Waals surface area (Å²) in [5, 5.41) is 3.15. The Hall–Kier alpha value is -1.26. The molecule has 0 heterocycles. The molecule has 2 unspecified atom stereocenters. The van der Waals surface area contributed by atoms with Gasteiger partial charge in [-0.05, 0) is 62.5 Å². The van der Waals surface area contributed by atoms with Crippen LogP contribution in [0.25, 0.3) is 0 Å². The second kappa shape index (κ2) is 9.61. The Morgan fingerprint density at radius 2 is 1.96 bits per heavy atom. The zero-order valence-corrected chi connectivity index (χ0v) is 16.8. The first-order chi connectivity index (χ1) is 12.1. The molecule has 2 saturated carbocycles. The zero-order valence-electron chi connectivity index (χ0n) is 16.0. The lowest BCUT2D eigenvalue weighted by Gasteiger charge is -2.43. The van der Waals surface area contributed by atoms with Crippen LogP contribution in [0, 0.1) is 24.7 Å². The lowest BCUT2D eigenvalue weighted by Crippen LogP contribution is -2.49. The average Bonchev–Trinajstić information content (AvgIpc) is 2.58. The molecule has 26 heavy (non-hydrogen) atoms. The number of fused-ring (bicyclic) bond motifs is 2. The van der Waals surface area contributed by atoms with Crippen LogP contribution in [0.1, 0.15) is 56.6 Å². The Bertz CT molecular complexity index is 594. The van der Waals surface area contributed by atoms with Crippen molar-refractivity contribution in [2.45, 2.75) is 65.0 Å². The minimum Gasteiger partial charge on any atom is -0.493 e. The Morgan fingerprint density at radius 1 is 1.27 bits per heavy atom. The SMILES string of the molecule is CCCOc1cc(C)ccc1CNC(=O)C1CC2CCCC(C1)C2N.Cl. The number of nitrogens with two attached hydrogens (primary N) is 1. The van der Waals surface area contributed by atoms with Crippen molar-refractivity contribution in [2.24, 2.45) is 23.5 Å². The highest BCUT2D eigenvalue weighted by Gasteiger charge is 2.40. The third-order valence-electron chi connectivity index (χ3n) is 5.92. The van der Waals surface area contributed by atoms with Crippen molar-refractivity contribution < 1.29 is 9.53 Å². The molecule has 2 bridgehead atoms. The van der Waals surface area contributed by atoms with Gasteiger partial charge in [-0.25, -0.2) is 0 Å². The van der Waals surface area contributed by atoms with Crippen molar-refractivity contribution >= 4 is 18.3 Å². The largest absolute Gasteiger partial charge is 0.493 e. The van der Waals surface area contributed by atoms with Gasteiger partial charge in [-0.1, -0.05) is 25.5 Å². The van der Waals surface area contributed by atoms with Crippen LogP contribution in [-0.4, -0.2) is 18.6 Å². The van der Waals surface area contributed by atoms with Gasteiger partial charge < -0.3 is 15.8 Å². The summed E-state index contributed by atoms with van der Waals surface area (Å²) in [7, 11) is 0. The standard InChI is InChI=1S/C21H32N2O2.ClH/c1-3-9-25-19-10-14(2)7-8-17(19)13-23-21(24)18-11-15-5-4-6-16(12-18)20(15)22;/h7-8,10,15-16,18,20H,3-6,9,11-13,22H2,1-2H3,(H,23,24);1H. The van der Waals surface area contributed by atoms with Gasteiger partial charge in [-0.2, -0.15) is 0 Å². The summed E-state index contributed by atoms with van der Waals surface area (Å²) in [5.74, 6) is 2.27. The molecule has 0 saturated heterocycles. The van der Waals surface area contributed by atoms with Crippen LogP contribution < -0.4 is 15.8 Å². The Balaban J connectivity index is 0.00000243. The van der Waals surface area contributed by atoms with E-state index in [9.17, 15) is 4.79 Å². The summed E-state index contributed by atoms with van der Waals surface area (Å²) >= 11 is 0. The number of amides is 1. The monoisotopic (exact) mass is 380 g/mol. The van der Waals surface area contributed by atoms with Gasteiger partial charge in [0.05, 0.1) is 6.61 Å². The number of hydrogen-bond acceptors (Lipinski definition) is 3. The van der Waals surface area contributed by atoms with E-state index in [4.69, 9.17) is 10.5 Å². The average molecular weight is 381 g/mol. The minimum absolute atomic E-state index is 0. The van der Waals surface area contributed by atoms with Gasteiger partial charge in [0.2, 0.25) is 5.91 Å². The maximum Gasteiger partial charge on any atom is 0.223 e. The van der Waals surface area contributed by atoms with Crippen molar-refractivity contribution in [3.05, 3.63) is 29.3 Å². The summed E-state index contributed by atoms with van der Waals surface area (Å²) in [6, 6.07) is 6.50. The zero-order chi connectivity index (χ0) is 17.8. The highest BCUT2D eigenvalue weighted by Crippen LogP contribution is 2.41. The van der Waals surface area contributed by atoms with E-state index in [0.29, 0.717) is 31.0 Å². The van der Waals surface area contributed by atoms with E-state index in [1.807, 2.05) is 0 Å². The van der Waals surface area contributed by atoms with Crippen molar-refractivity contribution in [3.63, 3.8) is 0 Å². The third-order valence-corrected chi connectivity index (χ3v) is 5.92. The van der Waals surface area contributed by atoms with Gasteiger partial charge in [0.1, 0.15) is 5.75 Å². The maximum absolute atomic E-state index is 12.7. The molecular weight excluding hydrogens is 348 g/mol. The summed E-state index contributed by atoms with van der Waals surface area (Å²) in [4.78, 5) is 12.7. The second-order valence-electron chi connectivity index (χ2n) is 7.87. The highest BCUT2D eigenvalue weighted by molar-refractivity contribution is 5.85. The fraction of sp³-hybridized carbons (Fsp3) is 0.667. The molecule has 2 fully saturated rings. The fourth-order valence-electron chi connectivity index (χ4n) is 4.48. The quantitative estimate of drug-likeness (QED) is 0.784. The molecule has 1 aromatic rings. The first-order valence-corrected chi connectivity index (χ1v) is 9.84. The molecule has 2 aliphatic rings. The summed E-state index contributed by atoms with van der Waals surface area (Å²) in [5.41, 5.74) is 8.58. The summed E-state index contributed by atoms with van der Waals surface area (Å²) < 4.78 is 5.85. The predicted octanol–water partition coefficient (Wildman–Crippen LogP) is 3.98. The minimum atomic E-state index is 0. The topological polar surface area (TPSA) is 64.3 Å². The van der Waals surface area contributed by atoms with Gasteiger partial charge in [-0.3, -0.25) is 4.79 Å². The molecule has 3 N–H and O–H groups in total. The molecule has 1 amide bonds. The van der Waals surface area contributed by atoms with E-state index < -0.39 is 0 Å². The summed E-state index contributed by atoms with van der Waals surface area (Å²) in [6.07, 6.45) is 6.54. The molecule has 0 aliphatic heterocycles. The van der Waals surface area contributed by atoms with Crippen molar-refractivity contribution in [3.8, 4) is 5.75 Å². The van der Waals surface area contributed by atoms with Gasteiger partial charge in [-0.15, -0.1) is 12.4 Å². The normalized spacial score (nSPS) is 27.3. The number of rotatable bonds is 6. The van der Waals surface area contributed by atoms with Crippen molar-refractivity contribution in [2.75, 3.05) is 6.61 Å². The molecule has 3 rings (SSSR count). The lowest BCUT2D eigenvalue weighted by atomic mass is 9.65. The predicted molar refractivity (Wildman–Crippen MR) is 108 cm³/mol. The Labute approximate surface area is 163 Å². The molecule has 0 spiro atoms. The number of nitrogens with one attached hydrogen (secondary N) is 1. The first kappa shape index (κ1) is 21.0. The molecule has 0 aromatic heterocycles. The van der Waals surface area contributed by atoms with Crippen LogP contribution >= 0.6 is 12.4 Å². The molecule has 0 radical (unpaired) electrons. The van der Waals surface area contributed by atoms with E-state index >= 15 is 0 Å². The van der Waals surface area contributed by atoms with Gasteiger partial charge in [0.25, 0.3) is 0 Å².